The molecule has 25 heavy (non-hydrogen) atoms. The Labute approximate surface area is 150 Å². The predicted octanol–water partition coefficient (Wildman–Crippen LogP) is 3.93. The number of nitrogens with one attached hydrogen (secondary N) is 1. The summed E-state index contributed by atoms with van der Waals surface area (Å²) >= 11 is 1.36. The number of anilines is 2. The molecule has 1 N–H and O–H groups in total. The van der Waals surface area contributed by atoms with Crippen LogP contribution in [0.15, 0.2) is 53.4 Å². The highest BCUT2D eigenvalue weighted by Gasteiger charge is 2.16. The zero-order valence-corrected chi connectivity index (χ0v) is 14.5. The van der Waals surface area contributed by atoms with Gasteiger partial charge in [0.25, 0.3) is 5.69 Å². The van der Waals surface area contributed by atoms with Gasteiger partial charge in [0.05, 0.1) is 22.1 Å². The van der Waals surface area contributed by atoms with Gasteiger partial charge in [0, 0.05) is 30.1 Å². The van der Waals surface area contributed by atoms with E-state index in [1.54, 1.807) is 12.1 Å². The fraction of sp³-hybridized carbons (Fsp3) is 0.278. The lowest BCUT2D eigenvalue weighted by atomic mass is 10.2. The molecule has 0 bridgehead atoms. The molecule has 1 saturated heterocycles. The van der Waals surface area contributed by atoms with Gasteiger partial charge < -0.3 is 10.2 Å². The molecule has 1 amide bonds. The van der Waals surface area contributed by atoms with Crippen LogP contribution in [0, 0.1) is 10.1 Å². The van der Waals surface area contributed by atoms with Crippen LogP contribution in [0.2, 0.25) is 0 Å². The second-order valence-electron chi connectivity index (χ2n) is 5.80. The molecule has 0 aromatic heterocycles. The van der Waals surface area contributed by atoms with Gasteiger partial charge in [0.2, 0.25) is 5.91 Å². The van der Waals surface area contributed by atoms with Crippen molar-refractivity contribution in [1.82, 2.24) is 0 Å². The normalized spacial score (nSPS) is 13.7. The third-order valence-corrected chi connectivity index (χ3v) is 5.05. The van der Waals surface area contributed by atoms with Crippen molar-refractivity contribution in [2.45, 2.75) is 17.7 Å². The maximum atomic E-state index is 12.3. The molecule has 1 heterocycles. The minimum absolute atomic E-state index is 0.0494. The van der Waals surface area contributed by atoms with Crippen molar-refractivity contribution in [3.05, 3.63) is 58.6 Å². The fourth-order valence-electron chi connectivity index (χ4n) is 2.81. The largest absolute Gasteiger partial charge is 0.370 e. The van der Waals surface area contributed by atoms with Crippen LogP contribution in [-0.4, -0.2) is 29.7 Å². The average molecular weight is 357 g/mol. The molecule has 2 aromatic rings. The van der Waals surface area contributed by atoms with Crippen LogP contribution in [0.4, 0.5) is 17.1 Å². The van der Waals surface area contributed by atoms with E-state index >= 15 is 0 Å². The van der Waals surface area contributed by atoms with E-state index in [1.807, 2.05) is 24.3 Å². The summed E-state index contributed by atoms with van der Waals surface area (Å²) in [6.45, 7) is 2.04. The number of carbonyl (C=O) groups excluding carboxylic acids is 1. The minimum Gasteiger partial charge on any atom is -0.370 e. The summed E-state index contributed by atoms with van der Waals surface area (Å²) in [7, 11) is 0. The summed E-state index contributed by atoms with van der Waals surface area (Å²) in [5.41, 5.74) is 1.95. The van der Waals surface area contributed by atoms with Gasteiger partial charge in [-0.05, 0) is 37.1 Å². The van der Waals surface area contributed by atoms with Gasteiger partial charge in [0.1, 0.15) is 0 Å². The lowest BCUT2D eigenvalue weighted by Crippen LogP contribution is -2.21. The number of nitrogens with zero attached hydrogens (tertiary/aromatic N) is 2. The standard InChI is InChI=1S/C18H19N3O3S/c22-18(13-25-15-9-7-14(8-10-15)21(23)24)19-16-5-1-2-6-17(16)20-11-3-4-12-20/h1-2,5-10H,3-4,11-13H2,(H,19,22). The molecule has 1 fully saturated rings. The number of nitro benzene ring substituents is 1. The Morgan fingerprint density at radius 1 is 1.12 bits per heavy atom. The third-order valence-electron chi connectivity index (χ3n) is 4.04. The van der Waals surface area contributed by atoms with E-state index < -0.39 is 4.92 Å². The van der Waals surface area contributed by atoms with E-state index in [1.165, 1.54) is 36.7 Å². The van der Waals surface area contributed by atoms with Gasteiger partial charge in [0.15, 0.2) is 0 Å². The van der Waals surface area contributed by atoms with E-state index in [-0.39, 0.29) is 17.3 Å². The molecule has 0 unspecified atom stereocenters. The number of thioether (sulfide) groups is 1. The molecule has 2 aromatic carbocycles. The highest BCUT2D eigenvalue weighted by Crippen LogP contribution is 2.29. The lowest BCUT2D eigenvalue weighted by molar-refractivity contribution is -0.384. The predicted molar refractivity (Wildman–Crippen MR) is 100 cm³/mol. The number of hydrogen-bond acceptors (Lipinski definition) is 5. The van der Waals surface area contributed by atoms with Crippen LogP contribution in [0.25, 0.3) is 0 Å². The Morgan fingerprint density at radius 2 is 1.80 bits per heavy atom. The number of para-hydroxylation sites is 2. The van der Waals surface area contributed by atoms with E-state index in [0.29, 0.717) is 0 Å². The molecule has 1 aliphatic heterocycles. The van der Waals surface area contributed by atoms with Crippen LogP contribution in [0.3, 0.4) is 0 Å². The van der Waals surface area contributed by atoms with Gasteiger partial charge >= 0.3 is 0 Å². The first kappa shape index (κ1) is 17.3. The SMILES string of the molecule is O=C(CSc1ccc([N+](=O)[O-])cc1)Nc1ccccc1N1CCCC1. The maximum Gasteiger partial charge on any atom is 0.269 e. The molecule has 7 heteroatoms. The smallest absolute Gasteiger partial charge is 0.269 e. The summed E-state index contributed by atoms with van der Waals surface area (Å²) in [4.78, 5) is 25.6. The molecule has 6 nitrogen and oxygen atoms in total. The molecule has 1 aliphatic rings. The van der Waals surface area contributed by atoms with Gasteiger partial charge in [-0.3, -0.25) is 14.9 Å². The summed E-state index contributed by atoms with van der Waals surface area (Å²) in [5, 5.41) is 13.6. The van der Waals surface area contributed by atoms with Gasteiger partial charge in [-0.15, -0.1) is 11.8 Å². The van der Waals surface area contributed by atoms with Crippen LogP contribution >= 0.6 is 11.8 Å². The van der Waals surface area contributed by atoms with Crippen molar-refractivity contribution in [3.8, 4) is 0 Å². The van der Waals surface area contributed by atoms with Gasteiger partial charge in [-0.25, -0.2) is 0 Å². The molecule has 130 valence electrons. The number of amides is 1. The Bertz CT molecular complexity index is 758. The Balaban J connectivity index is 1.58. The number of hydrogen-bond donors (Lipinski definition) is 1. The third kappa shape index (κ3) is 4.51. The van der Waals surface area contributed by atoms with Gasteiger partial charge in [-0.1, -0.05) is 12.1 Å². The summed E-state index contributed by atoms with van der Waals surface area (Å²) in [6.07, 6.45) is 2.36. The molecule has 0 saturated carbocycles. The lowest BCUT2D eigenvalue weighted by Gasteiger charge is -2.21. The van der Waals surface area contributed by atoms with Crippen molar-refractivity contribution in [1.29, 1.82) is 0 Å². The Morgan fingerprint density at radius 3 is 2.48 bits per heavy atom. The number of rotatable bonds is 6. The highest BCUT2D eigenvalue weighted by atomic mass is 32.2. The number of carbonyl (C=O) groups is 1. The first-order valence-corrected chi connectivity index (χ1v) is 9.13. The molecule has 0 radical (unpaired) electrons. The minimum atomic E-state index is -0.434. The monoisotopic (exact) mass is 357 g/mol. The van der Waals surface area contributed by atoms with Crippen molar-refractivity contribution < 1.29 is 9.72 Å². The van der Waals surface area contributed by atoms with Gasteiger partial charge in [-0.2, -0.15) is 0 Å². The Kier molecular flexibility index (Phi) is 5.55. The van der Waals surface area contributed by atoms with Crippen molar-refractivity contribution >= 4 is 34.7 Å². The fourth-order valence-corrected chi connectivity index (χ4v) is 3.51. The molecular weight excluding hydrogens is 338 g/mol. The molecule has 0 aliphatic carbocycles. The summed E-state index contributed by atoms with van der Waals surface area (Å²) in [5.74, 6) is 0.168. The topological polar surface area (TPSA) is 75.5 Å². The highest BCUT2D eigenvalue weighted by molar-refractivity contribution is 8.00. The van der Waals surface area contributed by atoms with Crippen molar-refractivity contribution in [2.75, 3.05) is 29.1 Å². The van der Waals surface area contributed by atoms with Crippen molar-refractivity contribution in [2.24, 2.45) is 0 Å². The summed E-state index contributed by atoms with van der Waals surface area (Å²) < 4.78 is 0. The number of nitro groups is 1. The summed E-state index contributed by atoms with van der Waals surface area (Å²) in [6, 6.07) is 14.1. The molecule has 0 atom stereocenters. The van der Waals surface area contributed by atoms with Crippen molar-refractivity contribution in [3.63, 3.8) is 0 Å². The second kappa shape index (κ2) is 8.02. The molecule has 3 rings (SSSR count). The second-order valence-corrected chi connectivity index (χ2v) is 6.85. The van der Waals surface area contributed by atoms with E-state index in [0.717, 1.165) is 29.4 Å². The first-order chi connectivity index (χ1) is 12.1. The number of benzene rings is 2. The molecular formula is C18H19N3O3S. The molecule has 0 spiro atoms. The van der Waals surface area contributed by atoms with Crippen LogP contribution in [0.1, 0.15) is 12.8 Å². The van der Waals surface area contributed by atoms with Crippen LogP contribution < -0.4 is 10.2 Å². The maximum absolute atomic E-state index is 12.3. The van der Waals surface area contributed by atoms with Crippen LogP contribution in [0.5, 0.6) is 0 Å². The Hall–Kier alpha value is -2.54. The van der Waals surface area contributed by atoms with Crippen LogP contribution in [-0.2, 0) is 4.79 Å². The van der Waals surface area contributed by atoms with E-state index in [9.17, 15) is 14.9 Å². The average Bonchev–Trinajstić information content (AvgIpc) is 3.15. The number of non-ortho nitro benzene ring substituents is 1. The van der Waals surface area contributed by atoms with E-state index in [2.05, 4.69) is 10.2 Å². The first-order valence-electron chi connectivity index (χ1n) is 8.14. The zero-order chi connectivity index (χ0) is 17.6. The quantitative estimate of drug-likeness (QED) is 0.482. The zero-order valence-electron chi connectivity index (χ0n) is 13.7. The van der Waals surface area contributed by atoms with E-state index in [4.69, 9.17) is 0 Å².